The van der Waals surface area contributed by atoms with Gasteiger partial charge in [-0.2, -0.15) is 0 Å². The van der Waals surface area contributed by atoms with Crippen LogP contribution in [0.3, 0.4) is 0 Å². The van der Waals surface area contributed by atoms with E-state index in [1.165, 1.54) is 31.2 Å². The van der Waals surface area contributed by atoms with Gasteiger partial charge in [0, 0.05) is 37.4 Å². The molecule has 0 atom stereocenters. The number of nitrogens with zero attached hydrogens (tertiary/aromatic N) is 3. The van der Waals surface area contributed by atoms with E-state index in [0.29, 0.717) is 12.0 Å². The largest absolute Gasteiger partial charge is 0.354 e. The van der Waals surface area contributed by atoms with Crippen LogP contribution in [0, 0.1) is 0 Å². The second kappa shape index (κ2) is 7.48. The summed E-state index contributed by atoms with van der Waals surface area (Å²) in [4.78, 5) is 12.7. The number of carbonyl (C=O) groups excluding carboxylic acids is 1. The van der Waals surface area contributed by atoms with Gasteiger partial charge in [0.2, 0.25) is 5.91 Å². The molecule has 2 aliphatic carbocycles. The molecule has 1 amide bonds. The summed E-state index contributed by atoms with van der Waals surface area (Å²) in [5.74, 6) is 2.47. The predicted molar refractivity (Wildman–Crippen MR) is 102 cm³/mol. The molecule has 6 nitrogen and oxygen atoms in total. The normalized spacial score (nSPS) is 21.9. The molecule has 0 aliphatic heterocycles. The van der Waals surface area contributed by atoms with Gasteiger partial charge < -0.3 is 15.2 Å². The van der Waals surface area contributed by atoms with Gasteiger partial charge in [-0.15, -0.1) is 21.5 Å². The summed E-state index contributed by atoms with van der Waals surface area (Å²) in [7, 11) is 2.05. The number of aryl methyl sites for hydroxylation is 1. The third kappa shape index (κ3) is 3.55. The van der Waals surface area contributed by atoms with Gasteiger partial charge in [-0.25, -0.2) is 0 Å². The predicted octanol–water partition coefficient (Wildman–Crippen LogP) is 2.43. The summed E-state index contributed by atoms with van der Waals surface area (Å²) in [5.41, 5.74) is 3.05. The van der Waals surface area contributed by atoms with Gasteiger partial charge in [-0.1, -0.05) is 0 Å². The van der Waals surface area contributed by atoms with Crippen LogP contribution in [-0.2, 0) is 37.8 Å². The number of aromatic nitrogens is 3. The summed E-state index contributed by atoms with van der Waals surface area (Å²) in [6, 6.07) is 0.292. The molecule has 0 unspecified atom stereocenters. The molecule has 7 heteroatoms. The Bertz CT molecular complexity index is 790. The average molecular weight is 374 g/mol. The summed E-state index contributed by atoms with van der Waals surface area (Å²) < 4.78 is 2.12. The zero-order chi connectivity index (χ0) is 18.1. The quantitative estimate of drug-likeness (QED) is 0.816. The van der Waals surface area contributed by atoms with E-state index >= 15 is 0 Å². The van der Waals surface area contributed by atoms with E-state index in [9.17, 15) is 4.79 Å². The number of thiophene rings is 1. The van der Waals surface area contributed by atoms with Crippen molar-refractivity contribution in [2.45, 2.75) is 70.5 Å². The van der Waals surface area contributed by atoms with E-state index in [-0.39, 0.29) is 5.91 Å². The van der Waals surface area contributed by atoms with Crippen molar-refractivity contribution in [2.75, 3.05) is 0 Å². The molecule has 2 N–H and O–H groups in total. The van der Waals surface area contributed by atoms with E-state index in [1.807, 2.05) is 18.4 Å². The van der Waals surface area contributed by atoms with Crippen LogP contribution in [0.4, 0.5) is 0 Å². The van der Waals surface area contributed by atoms with Crippen LogP contribution in [0.25, 0.3) is 0 Å². The molecule has 1 fully saturated rings. The van der Waals surface area contributed by atoms with Crippen LogP contribution >= 0.6 is 11.3 Å². The summed E-state index contributed by atoms with van der Waals surface area (Å²) >= 11 is 1.92. The van der Waals surface area contributed by atoms with Crippen LogP contribution in [-0.4, -0.2) is 26.7 Å². The lowest BCUT2D eigenvalue weighted by Gasteiger charge is -2.34. The molecule has 4 rings (SSSR count). The number of nitrogens with one attached hydrogen (secondary N) is 2. The molecule has 26 heavy (non-hydrogen) atoms. The van der Waals surface area contributed by atoms with Gasteiger partial charge in [0.15, 0.2) is 0 Å². The first kappa shape index (κ1) is 17.7. The SMILES string of the molecule is CC(=O)NC1CC(c2nnc(CNCc3csc4c3CCCC4)n2C)C1. The Morgan fingerprint density at radius 2 is 2.08 bits per heavy atom. The third-order valence-corrected chi connectivity index (χ3v) is 6.79. The van der Waals surface area contributed by atoms with Crippen LogP contribution in [0.1, 0.15) is 66.2 Å². The topological polar surface area (TPSA) is 71.8 Å². The first-order valence-electron chi connectivity index (χ1n) is 9.56. The first-order chi connectivity index (χ1) is 12.6. The Kier molecular flexibility index (Phi) is 5.09. The van der Waals surface area contributed by atoms with Gasteiger partial charge >= 0.3 is 0 Å². The van der Waals surface area contributed by atoms with Crippen molar-refractivity contribution in [2.24, 2.45) is 7.05 Å². The zero-order valence-corrected chi connectivity index (χ0v) is 16.4. The van der Waals surface area contributed by atoms with Crippen LogP contribution < -0.4 is 10.6 Å². The van der Waals surface area contributed by atoms with Gasteiger partial charge in [0.1, 0.15) is 11.6 Å². The molecular formula is C19H27N5OS. The third-order valence-electron chi connectivity index (χ3n) is 5.66. The molecule has 2 heterocycles. The van der Waals surface area contributed by atoms with E-state index < -0.39 is 0 Å². The van der Waals surface area contributed by atoms with Crippen molar-refractivity contribution < 1.29 is 4.79 Å². The Balaban J connectivity index is 1.30. The Morgan fingerprint density at radius 3 is 2.88 bits per heavy atom. The molecular weight excluding hydrogens is 346 g/mol. The monoisotopic (exact) mass is 373 g/mol. The zero-order valence-electron chi connectivity index (χ0n) is 15.5. The molecule has 0 aromatic carbocycles. The van der Waals surface area contributed by atoms with Crippen LogP contribution in [0.5, 0.6) is 0 Å². The lowest BCUT2D eigenvalue weighted by Crippen LogP contribution is -2.43. The molecule has 2 aromatic rings. The van der Waals surface area contributed by atoms with Gasteiger partial charge in [0.05, 0.1) is 6.54 Å². The number of fused-ring (bicyclic) bond motifs is 1. The Morgan fingerprint density at radius 1 is 1.27 bits per heavy atom. The van der Waals surface area contributed by atoms with Gasteiger partial charge in [0.25, 0.3) is 0 Å². The minimum absolute atomic E-state index is 0.0481. The minimum atomic E-state index is 0.0481. The van der Waals surface area contributed by atoms with Gasteiger partial charge in [-0.05, 0) is 55.0 Å². The minimum Gasteiger partial charge on any atom is -0.354 e. The first-order valence-corrected chi connectivity index (χ1v) is 10.4. The highest BCUT2D eigenvalue weighted by molar-refractivity contribution is 7.10. The lowest BCUT2D eigenvalue weighted by atomic mass is 9.79. The van der Waals surface area contributed by atoms with Gasteiger partial charge in [-0.3, -0.25) is 4.79 Å². The molecule has 2 aromatic heterocycles. The Hall–Kier alpha value is -1.73. The highest BCUT2D eigenvalue weighted by Gasteiger charge is 2.34. The second-order valence-corrected chi connectivity index (χ2v) is 8.54. The molecule has 0 radical (unpaired) electrons. The number of amides is 1. The summed E-state index contributed by atoms with van der Waals surface area (Å²) in [5, 5.41) is 17.6. The van der Waals surface area contributed by atoms with E-state index in [4.69, 9.17) is 0 Å². The summed E-state index contributed by atoms with van der Waals surface area (Å²) in [6.45, 7) is 3.21. The van der Waals surface area contributed by atoms with Crippen molar-refractivity contribution in [1.29, 1.82) is 0 Å². The van der Waals surface area contributed by atoms with E-state index in [1.54, 1.807) is 17.4 Å². The maximum Gasteiger partial charge on any atom is 0.217 e. The summed E-state index contributed by atoms with van der Waals surface area (Å²) in [6.07, 6.45) is 7.07. The molecule has 0 bridgehead atoms. The number of carbonyl (C=O) groups is 1. The fraction of sp³-hybridized carbons (Fsp3) is 0.632. The standard InChI is InChI=1S/C19H27N5OS/c1-12(25)21-15-7-13(8-15)19-23-22-18(24(19)2)10-20-9-14-11-26-17-6-4-3-5-16(14)17/h11,13,15,20H,3-10H2,1-2H3,(H,21,25). The number of hydrogen-bond donors (Lipinski definition) is 2. The fourth-order valence-electron chi connectivity index (χ4n) is 4.14. The van der Waals surface area contributed by atoms with Crippen molar-refractivity contribution in [3.8, 4) is 0 Å². The number of hydrogen-bond acceptors (Lipinski definition) is 5. The maximum absolute atomic E-state index is 11.1. The Labute approximate surface area is 158 Å². The smallest absolute Gasteiger partial charge is 0.217 e. The highest BCUT2D eigenvalue weighted by atomic mass is 32.1. The second-order valence-electron chi connectivity index (χ2n) is 7.57. The molecule has 2 aliphatic rings. The molecule has 0 spiro atoms. The highest BCUT2D eigenvalue weighted by Crippen LogP contribution is 2.35. The van der Waals surface area contributed by atoms with Crippen molar-refractivity contribution in [1.82, 2.24) is 25.4 Å². The van der Waals surface area contributed by atoms with Crippen molar-refractivity contribution >= 4 is 17.2 Å². The van der Waals surface area contributed by atoms with Crippen molar-refractivity contribution in [3.05, 3.63) is 33.0 Å². The fourth-order valence-corrected chi connectivity index (χ4v) is 5.28. The lowest BCUT2D eigenvalue weighted by molar-refractivity contribution is -0.120. The van der Waals surface area contributed by atoms with E-state index in [2.05, 4.69) is 30.8 Å². The van der Waals surface area contributed by atoms with E-state index in [0.717, 1.165) is 37.6 Å². The van der Waals surface area contributed by atoms with Crippen LogP contribution in [0.2, 0.25) is 0 Å². The molecule has 140 valence electrons. The molecule has 1 saturated carbocycles. The number of rotatable bonds is 6. The molecule has 0 saturated heterocycles. The maximum atomic E-state index is 11.1. The van der Waals surface area contributed by atoms with Crippen LogP contribution in [0.15, 0.2) is 5.38 Å². The average Bonchev–Trinajstić information content (AvgIpc) is 3.15. The van der Waals surface area contributed by atoms with Crippen molar-refractivity contribution in [3.63, 3.8) is 0 Å².